The van der Waals surface area contributed by atoms with Gasteiger partial charge in [-0.15, -0.1) is 0 Å². The number of rotatable bonds is 5. The Bertz CT molecular complexity index is 903. The highest BCUT2D eigenvalue weighted by molar-refractivity contribution is 5.80. The van der Waals surface area contributed by atoms with Gasteiger partial charge in [0, 0.05) is 17.3 Å². The predicted molar refractivity (Wildman–Crippen MR) is 109 cm³/mol. The van der Waals surface area contributed by atoms with Crippen LogP contribution in [0, 0.1) is 5.41 Å². The molecule has 4 nitrogen and oxygen atoms in total. The first-order chi connectivity index (χ1) is 12.2. The maximum atomic E-state index is 5.58. The minimum Gasteiger partial charge on any atom is -0.496 e. The standard InChI is InChI=1S/C22H29N3O/c1-21(2,3)15-22(4,5)24-20-19(16-11-7-8-12-17(16)26-6)23-18-13-9-10-14-25(18)20/h7-14,24H,15H2,1-6H3. The molecule has 2 heterocycles. The van der Waals surface area contributed by atoms with E-state index in [-0.39, 0.29) is 11.0 Å². The van der Waals surface area contributed by atoms with E-state index >= 15 is 0 Å². The third-order valence-corrected chi connectivity index (χ3v) is 4.32. The highest BCUT2D eigenvalue weighted by atomic mass is 16.5. The lowest BCUT2D eigenvalue weighted by Gasteiger charge is -2.34. The number of ether oxygens (including phenoxy) is 1. The normalized spacial score (nSPS) is 12.4. The molecule has 0 unspecified atom stereocenters. The second kappa shape index (κ2) is 6.67. The van der Waals surface area contributed by atoms with Crippen LogP contribution in [0.3, 0.4) is 0 Å². The van der Waals surface area contributed by atoms with Gasteiger partial charge in [-0.2, -0.15) is 0 Å². The van der Waals surface area contributed by atoms with Crippen molar-refractivity contribution < 1.29 is 4.74 Å². The van der Waals surface area contributed by atoms with Gasteiger partial charge in [0.15, 0.2) is 0 Å². The van der Waals surface area contributed by atoms with Gasteiger partial charge >= 0.3 is 0 Å². The Hall–Kier alpha value is -2.49. The molecule has 4 heteroatoms. The van der Waals surface area contributed by atoms with Crippen molar-refractivity contribution >= 4 is 11.5 Å². The Morgan fingerprint density at radius 2 is 1.69 bits per heavy atom. The quantitative estimate of drug-likeness (QED) is 0.647. The number of nitrogens with one attached hydrogen (secondary N) is 1. The van der Waals surface area contributed by atoms with Crippen LogP contribution < -0.4 is 10.1 Å². The SMILES string of the molecule is COc1ccccc1-c1nc2ccccn2c1NC(C)(C)CC(C)(C)C. The van der Waals surface area contributed by atoms with Gasteiger partial charge in [-0.25, -0.2) is 4.98 Å². The monoisotopic (exact) mass is 351 g/mol. The van der Waals surface area contributed by atoms with Gasteiger partial charge in [-0.05, 0) is 49.9 Å². The Labute approximate surface area is 156 Å². The average Bonchev–Trinajstić information content (AvgIpc) is 2.90. The number of hydrogen-bond acceptors (Lipinski definition) is 3. The van der Waals surface area contributed by atoms with Crippen LogP contribution in [0.4, 0.5) is 5.82 Å². The lowest BCUT2D eigenvalue weighted by atomic mass is 9.82. The molecule has 0 saturated heterocycles. The molecule has 1 N–H and O–H groups in total. The topological polar surface area (TPSA) is 38.6 Å². The number of para-hydroxylation sites is 1. The molecule has 26 heavy (non-hydrogen) atoms. The second-order valence-electron chi connectivity index (χ2n) is 8.68. The summed E-state index contributed by atoms with van der Waals surface area (Å²) in [6.07, 6.45) is 3.09. The summed E-state index contributed by atoms with van der Waals surface area (Å²) in [4.78, 5) is 4.89. The van der Waals surface area contributed by atoms with Crippen molar-refractivity contribution in [2.75, 3.05) is 12.4 Å². The minimum absolute atomic E-state index is 0.0825. The lowest BCUT2D eigenvalue weighted by molar-refractivity contribution is 0.302. The lowest BCUT2D eigenvalue weighted by Crippen LogP contribution is -2.36. The zero-order chi connectivity index (χ0) is 18.9. The maximum Gasteiger partial charge on any atom is 0.139 e. The zero-order valence-electron chi connectivity index (χ0n) is 16.6. The van der Waals surface area contributed by atoms with Crippen LogP contribution in [0.1, 0.15) is 41.0 Å². The van der Waals surface area contributed by atoms with Crippen molar-refractivity contribution in [2.24, 2.45) is 5.41 Å². The summed E-state index contributed by atoms with van der Waals surface area (Å²) < 4.78 is 7.70. The molecule has 0 saturated carbocycles. The summed E-state index contributed by atoms with van der Waals surface area (Å²) in [5.41, 5.74) is 2.97. The van der Waals surface area contributed by atoms with E-state index in [0.717, 1.165) is 34.9 Å². The Balaban J connectivity index is 2.14. The fraction of sp³-hybridized carbons (Fsp3) is 0.409. The van der Waals surface area contributed by atoms with Gasteiger partial charge in [-0.3, -0.25) is 4.40 Å². The molecule has 3 aromatic rings. The molecule has 2 aromatic heterocycles. The van der Waals surface area contributed by atoms with Crippen LogP contribution in [0.25, 0.3) is 16.9 Å². The van der Waals surface area contributed by atoms with Crippen LogP contribution in [0.5, 0.6) is 5.75 Å². The summed E-state index contributed by atoms with van der Waals surface area (Å²) in [6, 6.07) is 14.1. The first-order valence-electron chi connectivity index (χ1n) is 9.09. The first kappa shape index (κ1) is 18.3. The number of fused-ring (bicyclic) bond motifs is 1. The first-order valence-corrected chi connectivity index (χ1v) is 9.09. The van der Waals surface area contributed by atoms with Gasteiger partial charge in [-0.1, -0.05) is 39.0 Å². The molecule has 0 radical (unpaired) electrons. The number of methoxy groups -OCH3 is 1. The molecule has 0 atom stereocenters. The van der Waals surface area contributed by atoms with E-state index in [9.17, 15) is 0 Å². The average molecular weight is 351 g/mol. The highest BCUT2D eigenvalue weighted by Crippen LogP contribution is 2.38. The number of hydrogen-bond donors (Lipinski definition) is 1. The molecule has 0 aliphatic rings. The fourth-order valence-electron chi connectivity index (χ4n) is 3.83. The molecule has 0 aliphatic carbocycles. The van der Waals surface area contributed by atoms with E-state index in [4.69, 9.17) is 9.72 Å². The van der Waals surface area contributed by atoms with Crippen molar-refractivity contribution in [1.82, 2.24) is 9.38 Å². The van der Waals surface area contributed by atoms with Crippen molar-refractivity contribution in [3.8, 4) is 17.0 Å². The Kier molecular flexibility index (Phi) is 4.70. The smallest absolute Gasteiger partial charge is 0.139 e. The molecule has 3 rings (SSSR count). The number of nitrogens with zero attached hydrogens (tertiary/aromatic N) is 2. The van der Waals surface area contributed by atoms with Crippen LogP contribution >= 0.6 is 0 Å². The largest absolute Gasteiger partial charge is 0.496 e. The molecule has 0 aliphatic heterocycles. The molecule has 0 amide bonds. The summed E-state index contributed by atoms with van der Waals surface area (Å²) in [5, 5.41) is 3.76. The van der Waals surface area contributed by atoms with E-state index < -0.39 is 0 Å². The van der Waals surface area contributed by atoms with Gasteiger partial charge in [0.05, 0.1) is 7.11 Å². The molecular formula is C22H29N3O. The summed E-state index contributed by atoms with van der Waals surface area (Å²) in [6.45, 7) is 11.3. The van der Waals surface area contributed by atoms with Crippen molar-refractivity contribution in [1.29, 1.82) is 0 Å². The van der Waals surface area contributed by atoms with Crippen molar-refractivity contribution in [3.63, 3.8) is 0 Å². The van der Waals surface area contributed by atoms with Gasteiger partial charge in [0.25, 0.3) is 0 Å². The number of imidazole rings is 1. The van der Waals surface area contributed by atoms with Crippen LogP contribution in [0.15, 0.2) is 48.7 Å². The van der Waals surface area contributed by atoms with Crippen LogP contribution in [-0.2, 0) is 0 Å². The molecule has 0 bridgehead atoms. The Morgan fingerprint density at radius 1 is 1.00 bits per heavy atom. The molecule has 0 spiro atoms. The van der Waals surface area contributed by atoms with E-state index in [0.29, 0.717) is 0 Å². The number of benzene rings is 1. The number of aromatic nitrogens is 2. The van der Waals surface area contributed by atoms with Crippen LogP contribution in [-0.4, -0.2) is 22.0 Å². The minimum atomic E-state index is -0.0825. The maximum absolute atomic E-state index is 5.58. The van der Waals surface area contributed by atoms with E-state index in [1.165, 1.54) is 0 Å². The molecule has 138 valence electrons. The van der Waals surface area contributed by atoms with Crippen LogP contribution in [0.2, 0.25) is 0 Å². The molecule has 1 aromatic carbocycles. The number of anilines is 1. The fourth-order valence-corrected chi connectivity index (χ4v) is 3.83. The van der Waals surface area contributed by atoms with Gasteiger partial charge in [0.1, 0.15) is 22.9 Å². The third-order valence-electron chi connectivity index (χ3n) is 4.32. The predicted octanol–water partition coefficient (Wildman–Crippen LogP) is 5.64. The summed E-state index contributed by atoms with van der Waals surface area (Å²) >= 11 is 0. The zero-order valence-corrected chi connectivity index (χ0v) is 16.6. The molecular weight excluding hydrogens is 322 g/mol. The third kappa shape index (κ3) is 3.85. The van der Waals surface area contributed by atoms with Crippen molar-refractivity contribution in [3.05, 3.63) is 48.7 Å². The van der Waals surface area contributed by atoms with Gasteiger partial charge < -0.3 is 10.1 Å². The van der Waals surface area contributed by atoms with E-state index in [2.05, 4.69) is 56.6 Å². The van der Waals surface area contributed by atoms with E-state index in [1.54, 1.807) is 7.11 Å². The van der Waals surface area contributed by atoms with E-state index in [1.807, 2.05) is 36.4 Å². The summed E-state index contributed by atoms with van der Waals surface area (Å²) in [5.74, 6) is 1.83. The Morgan fingerprint density at radius 3 is 2.38 bits per heavy atom. The van der Waals surface area contributed by atoms with Gasteiger partial charge in [0.2, 0.25) is 0 Å². The second-order valence-corrected chi connectivity index (χ2v) is 8.68. The summed E-state index contributed by atoms with van der Waals surface area (Å²) in [7, 11) is 1.70. The highest BCUT2D eigenvalue weighted by Gasteiger charge is 2.28. The number of pyridine rings is 1. The molecule has 0 fully saturated rings. The van der Waals surface area contributed by atoms with Crippen molar-refractivity contribution in [2.45, 2.75) is 46.6 Å².